The Balaban J connectivity index is 1.52. The van der Waals surface area contributed by atoms with Gasteiger partial charge in [0.25, 0.3) is 5.22 Å². The smallest absolute Gasteiger partial charge is 0.277 e. The van der Waals surface area contributed by atoms with Gasteiger partial charge in [-0.05, 0) is 36.4 Å². The molecule has 1 atom stereocenters. The molecule has 0 aliphatic heterocycles. The van der Waals surface area contributed by atoms with E-state index in [0.717, 1.165) is 16.3 Å². The lowest BCUT2D eigenvalue weighted by Gasteiger charge is -2.15. The normalized spacial score (nSPS) is 11.8. The van der Waals surface area contributed by atoms with Crippen molar-refractivity contribution in [1.29, 1.82) is 0 Å². The SMILES string of the molecule is COc1cccc(NC(=O)[C@H](Sc2nnc(Cc3csc(C)n3)o2)c2ccccc2)c1. The van der Waals surface area contributed by atoms with Crippen molar-refractivity contribution in [2.75, 3.05) is 12.4 Å². The van der Waals surface area contributed by atoms with Crippen molar-refractivity contribution in [3.8, 4) is 5.75 Å². The minimum absolute atomic E-state index is 0.195. The lowest BCUT2D eigenvalue weighted by atomic mass is 10.1. The Kier molecular flexibility index (Phi) is 6.63. The van der Waals surface area contributed by atoms with E-state index in [1.54, 1.807) is 24.5 Å². The molecule has 4 rings (SSSR count). The van der Waals surface area contributed by atoms with Crippen LogP contribution in [0.3, 0.4) is 0 Å². The molecule has 0 aliphatic carbocycles. The highest BCUT2D eigenvalue weighted by Gasteiger charge is 2.25. The predicted octanol–water partition coefficient (Wildman–Crippen LogP) is 4.91. The molecule has 0 bridgehead atoms. The van der Waals surface area contributed by atoms with Gasteiger partial charge in [-0.15, -0.1) is 21.5 Å². The summed E-state index contributed by atoms with van der Waals surface area (Å²) in [5, 5.41) is 13.9. The van der Waals surface area contributed by atoms with Crippen LogP contribution in [0.4, 0.5) is 5.69 Å². The molecule has 0 aliphatic rings. The van der Waals surface area contributed by atoms with Gasteiger partial charge in [0.15, 0.2) is 0 Å². The summed E-state index contributed by atoms with van der Waals surface area (Å²) < 4.78 is 11.0. The van der Waals surface area contributed by atoms with Crippen LogP contribution >= 0.6 is 23.1 Å². The molecule has 0 saturated heterocycles. The van der Waals surface area contributed by atoms with E-state index in [9.17, 15) is 4.79 Å². The third-order valence-electron chi connectivity index (χ3n) is 4.34. The van der Waals surface area contributed by atoms with Crippen molar-refractivity contribution in [3.63, 3.8) is 0 Å². The fraction of sp³-hybridized carbons (Fsp3) is 0.182. The number of hydrogen-bond acceptors (Lipinski definition) is 8. The molecular weight excluding hydrogens is 432 g/mol. The Morgan fingerprint density at radius 2 is 2.03 bits per heavy atom. The summed E-state index contributed by atoms with van der Waals surface area (Å²) in [6.07, 6.45) is 0.462. The van der Waals surface area contributed by atoms with E-state index in [1.807, 2.05) is 60.8 Å². The van der Waals surface area contributed by atoms with E-state index >= 15 is 0 Å². The summed E-state index contributed by atoms with van der Waals surface area (Å²) in [4.78, 5) is 17.6. The van der Waals surface area contributed by atoms with E-state index in [1.165, 1.54) is 11.8 Å². The first kappa shape index (κ1) is 21.1. The quantitative estimate of drug-likeness (QED) is 0.380. The summed E-state index contributed by atoms with van der Waals surface area (Å²) in [7, 11) is 1.59. The number of aryl methyl sites for hydroxylation is 1. The molecule has 0 fully saturated rings. The number of amides is 1. The molecule has 7 nitrogen and oxygen atoms in total. The van der Waals surface area contributed by atoms with E-state index in [2.05, 4.69) is 20.5 Å². The average Bonchev–Trinajstić information content (AvgIpc) is 3.41. The maximum Gasteiger partial charge on any atom is 0.277 e. The number of aromatic nitrogens is 3. The molecule has 4 aromatic rings. The van der Waals surface area contributed by atoms with Gasteiger partial charge < -0.3 is 14.5 Å². The first-order valence-corrected chi connectivity index (χ1v) is 11.3. The Morgan fingerprint density at radius 1 is 1.19 bits per heavy atom. The fourth-order valence-electron chi connectivity index (χ4n) is 2.91. The molecule has 0 radical (unpaired) electrons. The van der Waals surface area contributed by atoms with Gasteiger partial charge >= 0.3 is 0 Å². The summed E-state index contributed by atoms with van der Waals surface area (Å²) in [5.41, 5.74) is 2.37. The van der Waals surface area contributed by atoms with Crippen molar-refractivity contribution in [3.05, 3.63) is 82.1 Å². The Labute approximate surface area is 187 Å². The number of thiazole rings is 1. The first-order chi connectivity index (χ1) is 15.1. The average molecular weight is 453 g/mol. The van der Waals surface area contributed by atoms with E-state index in [0.29, 0.717) is 29.0 Å². The summed E-state index contributed by atoms with van der Waals surface area (Å²) >= 11 is 2.79. The molecule has 9 heteroatoms. The van der Waals surface area contributed by atoms with Gasteiger partial charge in [-0.25, -0.2) is 4.98 Å². The van der Waals surface area contributed by atoms with Crippen LogP contribution in [0.25, 0.3) is 0 Å². The number of anilines is 1. The Hall–Kier alpha value is -3.17. The minimum atomic E-state index is -0.567. The maximum atomic E-state index is 13.1. The van der Waals surface area contributed by atoms with Crippen molar-refractivity contribution in [2.24, 2.45) is 0 Å². The molecule has 31 heavy (non-hydrogen) atoms. The molecule has 1 N–H and O–H groups in total. The monoisotopic (exact) mass is 452 g/mol. The number of carbonyl (C=O) groups excluding carboxylic acids is 1. The molecule has 2 aromatic carbocycles. The molecule has 1 amide bonds. The van der Waals surface area contributed by atoms with Crippen LogP contribution in [-0.4, -0.2) is 28.2 Å². The Bertz CT molecular complexity index is 1160. The van der Waals surface area contributed by atoms with Gasteiger partial charge in [0.1, 0.15) is 11.0 Å². The van der Waals surface area contributed by atoms with Gasteiger partial charge in [0.05, 0.1) is 24.2 Å². The highest BCUT2D eigenvalue weighted by atomic mass is 32.2. The lowest BCUT2D eigenvalue weighted by Crippen LogP contribution is -2.19. The van der Waals surface area contributed by atoms with Crippen LogP contribution in [-0.2, 0) is 11.2 Å². The molecule has 0 saturated carbocycles. The summed E-state index contributed by atoms with van der Waals surface area (Å²) in [6.45, 7) is 1.95. The standard InChI is InChI=1S/C22H20N4O3S2/c1-14-23-17(13-30-14)12-19-25-26-22(29-19)31-20(15-7-4-3-5-8-15)21(27)24-16-9-6-10-18(11-16)28-2/h3-11,13,20H,12H2,1-2H3,(H,24,27)/t20-/m1/s1. The number of nitrogens with zero attached hydrogens (tertiary/aromatic N) is 3. The number of rotatable bonds is 8. The number of nitrogens with one attached hydrogen (secondary N) is 1. The third kappa shape index (κ3) is 5.50. The molecule has 0 spiro atoms. The van der Waals surface area contributed by atoms with Crippen LogP contribution in [0, 0.1) is 6.92 Å². The van der Waals surface area contributed by atoms with Gasteiger partial charge in [0, 0.05) is 17.1 Å². The van der Waals surface area contributed by atoms with Crippen molar-refractivity contribution < 1.29 is 13.9 Å². The first-order valence-electron chi connectivity index (χ1n) is 9.50. The minimum Gasteiger partial charge on any atom is -0.497 e. The number of ether oxygens (including phenoxy) is 1. The van der Waals surface area contributed by atoms with Gasteiger partial charge in [-0.3, -0.25) is 4.79 Å². The zero-order valence-corrected chi connectivity index (χ0v) is 18.6. The zero-order valence-electron chi connectivity index (χ0n) is 16.9. The lowest BCUT2D eigenvalue weighted by molar-refractivity contribution is -0.115. The van der Waals surface area contributed by atoms with Crippen molar-refractivity contribution >= 4 is 34.7 Å². The van der Waals surface area contributed by atoms with Crippen LogP contribution in [0.2, 0.25) is 0 Å². The van der Waals surface area contributed by atoms with E-state index in [-0.39, 0.29) is 5.91 Å². The zero-order chi connectivity index (χ0) is 21.6. The van der Waals surface area contributed by atoms with Crippen LogP contribution in [0.15, 0.2) is 69.6 Å². The summed E-state index contributed by atoms with van der Waals surface area (Å²) in [6, 6.07) is 16.7. The van der Waals surface area contributed by atoms with Crippen molar-refractivity contribution in [2.45, 2.75) is 23.8 Å². The molecule has 2 aromatic heterocycles. The number of carbonyl (C=O) groups is 1. The highest BCUT2D eigenvalue weighted by molar-refractivity contribution is 8.00. The fourth-order valence-corrected chi connectivity index (χ4v) is 4.42. The maximum absolute atomic E-state index is 13.1. The van der Waals surface area contributed by atoms with Crippen molar-refractivity contribution in [1.82, 2.24) is 15.2 Å². The van der Waals surface area contributed by atoms with Crippen LogP contribution in [0.1, 0.15) is 27.4 Å². The van der Waals surface area contributed by atoms with Crippen LogP contribution < -0.4 is 10.1 Å². The predicted molar refractivity (Wildman–Crippen MR) is 121 cm³/mol. The molecule has 0 unspecified atom stereocenters. The summed E-state index contributed by atoms with van der Waals surface area (Å²) in [5.74, 6) is 0.938. The third-order valence-corrected chi connectivity index (χ3v) is 6.25. The van der Waals surface area contributed by atoms with E-state index in [4.69, 9.17) is 9.15 Å². The number of methoxy groups -OCH3 is 1. The molecular formula is C22H20N4O3S2. The largest absolute Gasteiger partial charge is 0.497 e. The molecule has 158 valence electrons. The van der Waals surface area contributed by atoms with Gasteiger partial charge in [-0.2, -0.15) is 0 Å². The van der Waals surface area contributed by atoms with Gasteiger partial charge in [-0.1, -0.05) is 36.4 Å². The highest BCUT2D eigenvalue weighted by Crippen LogP contribution is 2.36. The molecule has 2 heterocycles. The van der Waals surface area contributed by atoms with Gasteiger partial charge in [0.2, 0.25) is 11.8 Å². The van der Waals surface area contributed by atoms with E-state index < -0.39 is 5.25 Å². The topological polar surface area (TPSA) is 90.1 Å². The number of benzene rings is 2. The van der Waals surface area contributed by atoms with Crippen LogP contribution in [0.5, 0.6) is 5.75 Å². The second-order valence-electron chi connectivity index (χ2n) is 6.63. The second kappa shape index (κ2) is 9.76. The Morgan fingerprint density at radius 3 is 2.77 bits per heavy atom. The number of thioether (sulfide) groups is 1. The second-order valence-corrected chi connectivity index (χ2v) is 8.74. The number of hydrogen-bond donors (Lipinski definition) is 1.